The van der Waals surface area contributed by atoms with Crippen LogP contribution in [0.2, 0.25) is 0 Å². The molecule has 0 aromatic heterocycles. The Bertz CT molecular complexity index is 1110. The van der Waals surface area contributed by atoms with Crippen molar-refractivity contribution in [3.63, 3.8) is 0 Å². The van der Waals surface area contributed by atoms with Gasteiger partial charge in [-0.2, -0.15) is 0 Å². The van der Waals surface area contributed by atoms with Gasteiger partial charge in [0.05, 0.1) is 5.91 Å². The standard InChI is InChI=1S/C28H29NO.2ClH.Ti/c1-4-12-26(30)29-28(2,3)25-18-11-10-17-23(25)27-22-16-9-8-15-21(22)19-24(27)20-13-6-5-7-14-20;;;/h5-11,13-19,27H,4,12H2,1-3H3,(H,29,30);2*1H;/q;;;+2/p-3. The van der Waals surface area contributed by atoms with E-state index >= 15 is 0 Å². The number of halogens is 2. The zero-order valence-electron chi connectivity index (χ0n) is 19.2. The maximum atomic E-state index is 12.4. The van der Waals surface area contributed by atoms with Crippen molar-refractivity contribution in [2.45, 2.75) is 45.1 Å². The second kappa shape index (κ2) is 12.0. The number of nitrogens with zero attached hydrogens (tertiary/aromatic N) is 1. The van der Waals surface area contributed by atoms with Crippen molar-refractivity contribution in [1.82, 2.24) is 0 Å². The molecule has 3 aromatic carbocycles. The second-order valence-electron chi connectivity index (χ2n) is 8.50. The fraction of sp³-hybridized carbons (Fsp3) is 0.250. The number of amides is 1. The van der Waals surface area contributed by atoms with Crippen LogP contribution in [0.1, 0.15) is 67.3 Å². The average Bonchev–Trinajstić information content (AvgIpc) is 3.19. The molecule has 33 heavy (non-hydrogen) atoms. The summed E-state index contributed by atoms with van der Waals surface area (Å²) in [5, 5.41) is 4.60. The van der Waals surface area contributed by atoms with Crippen LogP contribution in [-0.4, -0.2) is 5.91 Å². The van der Waals surface area contributed by atoms with Crippen LogP contribution in [0.5, 0.6) is 0 Å². The first kappa shape index (κ1) is 25.8. The van der Waals surface area contributed by atoms with E-state index in [-0.39, 0.29) is 11.8 Å². The van der Waals surface area contributed by atoms with Crippen LogP contribution in [0, 0.1) is 0 Å². The summed E-state index contributed by atoms with van der Waals surface area (Å²) >= 11 is -0.556. The number of carbonyl (C=O) groups excluding carboxylic acids is 1. The van der Waals surface area contributed by atoms with Crippen molar-refractivity contribution in [2.75, 3.05) is 0 Å². The van der Waals surface area contributed by atoms with E-state index in [1.54, 1.807) is 0 Å². The summed E-state index contributed by atoms with van der Waals surface area (Å²) < 4.78 is 0. The van der Waals surface area contributed by atoms with E-state index in [1.165, 1.54) is 27.8 Å². The van der Waals surface area contributed by atoms with Crippen molar-refractivity contribution < 1.29 is 21.8 Å². The van der Waals surface area contributed by atoms with Crippen LogP contribution in [-0.2, 0) is 27.4 Å². The minimum absolute atomic E-state index is 0.0250. The quantitative estimate of drug-likeness (QED) is 0.304. The molecule has 1 unspecified atom stereocenters. The normalized spacial score (nSPS) is 14.5. The molecule has 1 atom stereocenters. The maximum absolute atomic E-state index is 12.4. The van der Waals surface area contributed by atoms with Crippen molar-refractivity contribution in [3.8, 4) is 0 Å². The summed E-state index contributed by atoms with van der Waals surface area (Å²) in [6, 6.07) is 27.6. The summed E-state index contributed by atoms with van der Waals surface area (Å²) in [6.45, 7) is 6.11. The van der Waals surface area contributed by atoms with Crippen LogP contribution in [0.4, 0.5) is 0 Å². The molecule has 1 amide bonds. The Morgan fingerprint density at radius 1 is 0.909 bits per heavy atom. The summed E-state index contributed by atoms with van der Waals surface area (Å²) in [4.78, 5) is 12.4. The van der Waals surface area contributed by atoms with Gasteiger partial charge in [-0.05, 0) is 40.3 Å². The van der Waals surface area contributed by atoms with Gasteiger partial charge in [0.2, 0.25) is 0 Å². The predicted molar refractivity (Wildman–Crippen MR) is 137 cm³/mol. The molecule has 4 rings (SSSR count). The Balaban J connectivity index is 0.000000968. The number of benzene rings is 3. The second-order valence-corrected chi connectivity index (χ2v) is 11.1. The van der Waals surface area contributed by atoms with Crippen molar-refractivity contribution in [1.29, 1.82) is 0 Å². The molecule has 0 saturated carbocycles. The number of allylic oxidation sites excluding steroid dienone is 1. The van der Waals surface area contributed by atoms with Crippen LogP contribution in [0.15, 0.2) is 78.9 Å². The number of hydrogen-bond acceptors (Lipinski definition) is 1. The van der Waals surface area contributed by atoms with E-state index in [1.807, 2.05) is 26.8 Å². The third kappa shape index (κ3) is 6.19. The van der Waals surface area contributed by atoms with Gasteiger partial charge in [-0.25, -0.2) is 0 Å². The van der Waals surface area contributed by atoms with Crippen molar-refractivity contribution in [2.24, 2.45) is 0 Å². The van der Waals surface area contributed by atoms with Crippen molar-refractivity contribution >= 4 is 36.2 Å². The topological polar surface area (TPSA) is 31.2 Å². The summed E-state index contributed by atoms with van der Waals surface area (Å²) in [6.07, 6.45) is 3.61. The molecule has 0 N–H and O–H groups in total. The third-order valence-corrected chi connectivity index (χ3v) is 5.84. The van der Waals surface area contributed by atoms with Crippen LogP contribution >= 0.6 is 18.6 Å². The number of fused-ring (bicyclic) bond motifs is 1. The van der Waals surface area contributed by atoms with Gasteiger partial charge in [-0.15, -0.1) is 0 Å². The summed E-state index contributed by atoms with van der Waals surface area (Å²) in [5.74, 6) is 0.0958. The first-order valence-electron chi connectivity index (χ1n) is 11.1. The van der Waals surface area contributed by atoms with Gasteiger partial charge in [-0.1, -0.05) is 117 Å². The van der Waals surface area contributed by atoms with Gasteiger partial charge < -0.3 is 10.1 Å². The molecule has 0 saturated heterocycles. The van der Waals surface area contributed by atoms with E-state index in [9.17, 15) is 4.79 Å². The van der Waals surface area contributed by atoms with E-state index < -0.39 is 22.6 Å². The number of hydrogen-bond donors (Lipinski definition) is 0. The number of carbonyl (C=O) groups is 1. The van der Waals surface area contributed by atoms with E-state index in [4.69, 9.17) is 18.6 Å². The Hall–Kier alpha value is -1.84. The molecule has 0 aliphatic heterocycles. The first-order valence-corrected chi connectivity index (χ1v) is 15.4. The Labute approximate surface area is 214 Å². The molecule has 0 fully saturated rings. The molecule has 0 bridgehead atoms. The molecular weight excluding hydrogens is 485 g/mol. The van der Waals surface area contributed by atoms with Gasteiger partial charge in [0.1, 0.15) is 0 Å². The predicted octanol–water partition coefficient (Wildman–Crippen LogP) is 8.68. The fourth-order valence-corrected chi connectivity index (χ4v) is 4.49. The van der Waals surface area contributed by atoms with Crippen LogP contribution < -0.4 is 0 Å². The van der Waals surface area contributed by atoms with Gasteiger partial charge in [0, 0.05) is 5.92 Å². The molecule has 0 heterocycles. The third-order valence-electron chi connectivity index (χ3n) is 5.84. The van der Waals surface area contributed by atoms with Gasteiger partial charge >= 0.3 is 35.6 Å². The molecule has 0 radical (unpaired) electrons. The molecule has 2 nitrogen and oxygen atoms in total. The number of rotatable bonds is 6. The zero-order valence-corrected chi connectivity index (χ0v) is 22.3. The fourth-order valence-electron chi connectivity index (χ4n) is 4.49. The molecule has 5 heteroatoms. The van der Waals surface area contributed by atoms with Crippen LogP contribution in [0.25, 0.3) is 17.0 Å². The molecule has 0 spiro atoms. The van der Waals surface area contributed by atoms with Gasteiger partial charge in [0.25, 0.3) is 0 Å². The van der Waals surface area contributed by atoms with E-state index in [0.717, 1.165) is 12.0 Å². The SMILES string of the molecule is CCCC(=O)[N-]C(C)(C)c1ccccc1C1C(c2ccccc2)=Cc2ccccc21.[Cl][Ti][Cl]. The van der Waals surface area contributed by atoms with Gasteiger partial charge in [0.15, 0.2) is 0 Å². The Morgan fingerprint density at radius 2 is 1.48 bits per heavy atom. The Kier molecular flexibility index (Phi) is 9.41. The van der Waals surface area contributed by atoms with E-state index in [2.05, 4.69) is 84.2 Å². The van der Waals surface area contributed by atoms with Crippen molar-refractivity contribution in [3.05, 3.63) is 112 Å². The van der Waals surface area contributed by atoms with Gasteiger partial charge in [-0.3, -0.25) is 0 Å². The monoisotopic (exact) mass is 512 g/mol. The first-order chi connectivity index (χ1) is 15.9. The van der Waals surface area contributed by atoms with E-state index in [0.29, 0.717) is 6.42 Å². The molecular formula is C28H28Cl2NOTi-. The summed E-state index contributed by atoms with van der Waals surface area (Å²) in [7, 11) is 9.78. The minimum atomic E-state index is -0.581. The molecule has 1 aliphatic rings. The average molecular weight is 513 g/mol. The Morgan fingerprint density at radius 3 is 2.15 bits per heavy atom. The molecule has 170 valence electrons. The van der Waals surface area contributed by atoms with Crippen LogP contribution in [0.3, 0.4) is 0 Å². The molecule has 1 aliphatic carbocycles. The molecule has 3 aromatic rings. The zero-order chi connectivity index (χ0) is 23.8. The summed E-state index contributed by atoms with van der Waals surface area (Å²) in [5.41, 5.74) is 6.83.